The number of anilines is 1. The zero-order valence-electron chi connectivity index (χ0n) is 15.5. The predicted octanol–water partition coefficient (Wildman–Crippen LogP) is -0.772. The summed E-state index contributed by atoms with van der Waals surface area (Å²) in [6, 6.07) is 7.60. The lowest BCUT2D eigenvalue weighted by molar-refractivity contribution is -0.683. The molecule has 3 aromatic rings. The first-order valence-corrected chi connectivity index (χ1v) is 9.36. The summed E-state index contributed by atoms with van der Waals surface area (Å²) in [5.41, 5.74) is 7.38. The van der Waals surface area contributed by atoms with Gasteiger partial charge in [-0.15, -0.1) is 0 Å². The van der Waals surface area contributed by atoms with Crippen molar-refractivity contribution in [2.75, 3.05) is 5.32 Å². The Labute approximate surface area is 180 Å². The number of primary amides is 1. The van der Waals surface area contributed by atoms with Crippen LogP contribution in [0.25, 0.3) is 16.9 Å². The summed E-state index contributed by atoms with van der Waals surface area (Å²) in [6.07, 6.45) is 11.5. The molecule has 4 N–H and O–H groups in total. The molecule has 1 aliphatic carbocycles. The van der Waals surface area contributed by atoms with Crippen molar-refractivity contribution in [1.82, 2.24) is 9.38 Å². The zero-order chi connectivity index (χ0) is 18.8. The molecule has 2 aromatic heterocycles. The number of rotatable bonds is 5. The Hall–Kier alpha value is -2.36. The molecule has 7 nitrogen and oxygen atoms in total. The molecule has 4 rings (SSSR count). The Balaban J connectivity index is 0.00000225. The van der Waals surface area contributed by atoms with E-state index in [0.29, 0.717) is 22.9 Å². The maximum atomic E-state index is 11.2. The minimum atomic E-state index is -0.405. The number of imidazole rings is 1. The maximum Gasteiger partial charge on any atom is 0.283 e. The average Bonchev–Trinajstić information content (AvgIpc) is 3.00. The average molecular weight is 493 g/mol. The number of nitrogens with two attached hydrogens (primary N) is 1. The van der Waals surface area contributed by atoms with Crippen LogP contribution in [0.2, 0.25) is 0 Å². The van der Waals surface area contributed by atoms with E-state index in [4.69, 9.17) is 10.7 Å². The quantitative estimate of drug-likeness (QED) is 0.322. The van der Waals surface area contributed by atoms with Crippen molar-refractivity contribution in [3.63, 3.8) is 0 Å². The van der Waals surface area contributed by atoms with Crippen LogP contribution in [0.4, 0.5) is 5.82 Å². The van der Waals surface area contributed by atoms with Crippen LogP contribution in [0.15, 0.2) is 42.9 Å². The number of carbonyl (C=O) groups is 1. The van der Waals surface area contributed by atoms with Gasteiger partial charge < -0.3 is 40.1 Å². The fourth-order valence-electron chi connectivity index (χ4n) is 3.75. The van der Waals surface area contributed by atoms with Crippen LogP contribution < -0.4 is 39.6 Å². The van der Waals surface area contributed by atoms with Gasteiger partial charge in [0.15, 0.2) is 6.20 Å². The van der Waals surface area contributed by atoms with Gasteiger partial charge in [0.25, 0.3) is 5.91 Å². The normalized spacial score (nSPS) is 14.6. The highest BCUT2D eigenvalue weighted by atomic mass is 127. The highest BCUT2D eigenvalue weighted by molar-refractivity contribution is 5.80. The summed E-state index contributed by atoms with van der Waals surface area (Å²) in [6.45, 7) is 0.0979. The third-order valence-corrected chi connectivity index (χ3v) is 5.07. The summed E-state index contributed by atoms with van der Waals surface area (Å²) in [4.78, 5) is 16.0. The number of nitrogens with zero attached hydrogens (tertiary/aromatic N) is 3. The predicted molar refractivity (Wildman–Crippen MR) is 102 cm³/mol. The first-order valence-electron chi connectivity index (χ1n) is 9.36. The number of benzene rings is 1. The van der Waals surface area contributed by atoms with Gasteiger partial charge >= 0.3 is 0 Å². The van der Waals surface area contributed by atoms with Crippen molar-refractivity contribution in [3.8, 4) is 17.0 Å². The number of phenolic OH excluding ortho intramolecular Hbond substituents is 1. The van der Waals surface area contributed by atoms with E-state index in [2.05, 4.69) is 5.32 Å². The van der Waals surface area contributed by atoms with Crippen LogP contribution in [0.5, 0.6) is 5.75 Å². The number of halogens is 1. The molecule has 0 unspecified atom stereocenters. The molecule has 0 atom stereocenters. The summed E-state index contributed by atoms with van der Waals surface area (Å²) >= 11 is 0. The standard InChI is InChI=1S/C20H23N5O2.HI/c21-17(27)12-24-10-11-25-18(13-24)23-19(15-8-4-5-9-16(15)26)20(25)22-14-6-2-1-3-7-14;/h4-5,8-11,13-14H,1-3,6-7,12H2,(H3,21,23,26,27);1H. The molecular weight excluding hydrogens is 469 g/mol. The molecule has 0 saturated heterocycles. The molecule has 1 aromatic carbocycles. The molecule has 1 amide bonds. The molecule has 1 aliphatic rings. The van der Waals surface area contributed by atoms with Crippen molar-refractivity contribution in [2.45, 2.75) is 44.7 Å². The van der Waals surface area contributed by atoms with Gasteiger partial charge in [-0.1, -0.05) is 31.4 Å². The Morgan fingerprint density at radius 2 is 2.04 bits per heavy atom. The second-order valence-electron chi connectivity index (χ2n) is 7.10. The third kappa shape index (κ3) is 4.21. The van der Waals surface area contributed by atoms with Crippen molar-refractivity contribution in [1.29, 1.82) is 0 Å². The second-order valence-corrected chi connectivity index (χ2v) is 7.10. The summed E-state index contributed by atoms with van der Waals surface area (Å²) in [5, 5.41) is 14.0. The van der Waals surface area contributed by atoms with Crippen LogP contribution in [0.1, 0.15) is 32.1 Å². The summed E-state index contributed by atoms with van der Waals surface area (Å²) in [7, 11) is 0. The minimum Gasteiger partial charge on any atom is -1.00 e. The highest BCUT2D eigenvalue weighted by Gasteiger charge is 2.22. The lowest BCUT2D eigenvalue weighted by Gasteiger charge is -2.24. The van der Waals surface area contributed by atoms with Crippen LogP contribution in [-0.2, 0) is 11.3 Å². The number of fused-ring (bicyclic) bond motifs is 1. The molecular formula is C20H24IN5O2. The molecule has 8 heteroatoms. The maximum absolute atomic E-state index is 11.2. The number of amides is 1. The molecule has 0 bridgehead atoms. The van der Waals surface area contributed by atoms with Crippen molar-refractivity contribution in [2.24, 2.45) is 5.73 Å². The molecule has 0 radical (unpaired) electrons. The van der Waals surface area contributed by atoms with Gasteiger partial charge in [-0.05, 0) is 25.0 Å². The first-order chi connectivity index (χ1) is 13.1. The van der Waals surface area contributed by atoms with Gasteiger partial charge in [0.2, 0.25) is 18.4 Å². The Morgan fingerprint density at radius 3 is 2.75 bits per heavy atom. The molecule has 148 valence electrons. The number of aromatic hydroxyl groups is 1. The van der Waals surface area contributed by atoms with Crippen molar-refractivity contribution >= 4 is 17.4 Å². The second kappa shape index (κ2) is 8.76. The van der Waals surface area contributed by atoms with E-state index in [1.165, 1.54) is 19.3 Å². The molecule has 1 fully saturated rings. The number of phenols is 1. The zero-order valence-corrected chi connectivity index (χ0v) is 17.7. The Bertz CT molecular complexity index is 982. The van der Waals surface area contributed by atoms with Crippen LogP contribution in [0.3, 0.4) is 0 Å². The number of carbonyl (C=O) groups excluding carboxylic acids is 1. The van der Waals surface area contributed by atoms with Crippen LogP contribution in [-0.4, -0.2) is 26.4 Å². The van der Waals surface area contributed by atoms with Gasteiger partial charge in [-0.2, -0.15) is 4.57 Å². The fraction of sp³-hybridized carbons (Fsp3) is 0.350. The third-order valence-electron chi connectivity index (χ3n) is 5.07. The van der Waals surface area contributed by atoms with Gasteiger partial charge in [0.1, 0.15) is 17.3 Å². The number of para-hydroxylation sites is 1. The van der Waals surface area contributed by atoms with Crippen LogP contribution in [0, 0.1) is 0 Å². The van der Waals surface area contributed by atoms with Gasteiger partial charge in [-0.25, -0.2) is 4.98 Å². The van der Waals surface area contributed by atoms with Gasteiger partial charge in [0, 0.05) is 11.6 Å². The molecule has 0 spiro atoms. The first kappa shape index (κ1) is 20.4. The lowest BCUT2D eigenvalue weighted by Crippen LogP contribution is -3.00. The number of aromatic nitrogens is 3. The molecule has 28 heavy (non-hydrogen) atoms. The van der Waals surface area contributed by atoms with Gasteiger partial charge in [0.05, 0.1) is 6.20 Å². The monoisotopic (exact) mass is 493 g/mol. The molecule has 2 heterocycles. The number of hydrogen-bond acceptors (Lipinski definition) is 4. The van der Waals surface area contributed by atoms with E-state index in [1.807, 2.05) is 22.7 Å². The molecule has 0 aliphatic heterocycles. The van der Waals surface area contributed by atoms with Crippen LogP contribution >= 0.6 is 0 Å². The Kier molecular flexibility index (Phi) is 6.38. The number of hydrogen-bond donors (Lipinski definition) is 3. The lowest BCUT2D eigenvalue weighted by atomic mass is 9.95. The number of nitrogens with one attached hydrogen (secondary N) is 1. The topological polar surface area (TPSA) is 96.5 Å². The smallest absolute Gasteiger partial charge is 0.283 e. The summed E-state index contributed by atoms with van der Waals surface area (Å²) in [5.74, 6) is 0.652. The van der Waals surface area contributed by atoms with Crippen molar-refractivity contribution < 1.29 is 38.4 Å². The SMILES string of the molecule is NC(=O)C[n+]1ccn2c(NC3CCCCC3)c(-c3ccccc3O)nc2c1.[I-]. The van der Waals surface area contributed by atoms with E-state index in [0.717, 1.165) is 18.7 Å². The summed E-state index contributed by atoms with van der Waals surface area (Å²) < 4.78 is 3.68. The highest BCUT2D eigenvalue weighted by Crippen LogP contribution is 2.35. The van der Waals surface area contributed by atoms with E-state index in [1.54, 1.807) is 29.1 Å². The molecule has 1 saturated carbocycles. The van der Waals surface area contributed by atoms with E-state index < -0.39 is 5.91 Å². The van der Waals surface area contributed by atoms with Crippen molar-refractivity contribution in [3.05, 3.63) is 42.9 Å². The largest absolute Gasteiger partial charge is 1.00 e. The fourth-order valence-corrected chi connectivity index (χ4v) is 3.75. The van der Waals surface area contributed by atoms with E-state index >= 15 is 0 Å². The minimum absolute atomic E-state index is 0. The van der Waals surface area contributed by atoms with E-state index in [9.17, 15) is 9.90 Å². The van der Waals surface area contributed by atoms with E-state index in [-0.39, 0.29) is 36.3 Å². The Morgan fingerprint density at radius 1 is 1.29 bits per heavy atom. The van der Waals surface area contributed by atoms with Gasteiger partial charge in [-0.3, -0.25) is 9.20 Å².